The zero-order valence-electron chi connectivity index (χ0n) is 16.4. The molecule has 5 nitrogen and oxygen atoms in total. The summed E-state index contributed by atoms with van der Waals surface area (Å²) in [5.74, 6) is 1.41. The standard InChI is InChI=1S/C23H23N3O2/c1-14-8-10-18(15(2)12-14)24-23-22(17-9-11-19(27)20(13-17)28-4)25-21-7-5-6-16(3)26(21)23/h5-13,24,27H,1-4H3. The second-order valence-corrected chi connectivity index (χ2v) is 7.00. The third-order valence-corrected chi connectivity index (χ3v) is 4.93. The highest BCUT2D eigenvalue weighted by Gasteiger charge is 2.17. The van der Waals surface area contributed by atoms with Gasteiger partial charge in [0.05, 0.1) is 7.11 Å². The van der Waals surface area contributed by atoms with E-state index in [1.807, 2.05) is 18.2 Å². The summed E-state index contributed by atoms with van der Waals surface area (Å²) in [7, 11) is 1.54. The van der Waals surface area contributed by atoms with Gasteiger partial charge in [0.1, 0.15) is 17.2 Å². The second-order valence-electron chi connectivity index (χ2n) is 7.00. The van der Waals surface area contributed by atoms with Crippen molar-refractivity contribution < 1.29 is 9.84 Å². The highest BCUT2D eigenvalue weighted by Crippen LogP contribution is 2.37. The smallest absolute Gasteiger partial charge is 0.161 e. The van der Waals surface area contributed by atoms with Crippen LogP contribution in [0.25, 0.3) is 16.9 Å². The van der Waals surface area contributed by atoms with Crippen molar-refractivity contribution in [2.45, 2.75) is 20.8 Å². The highest BCUT2D eigenvalue weighted by molar-refractivity contribution is 5.81. The van der Waals surface area contributed by atoms with Crippen LogP contribution in [0, 0.1) is 20.8 Å². The van der Waals surface area contributed by atoms with Crippen molar-refractivity contribution in [1.29, 1.82) is 0 Å². The Bertz CT molecular complexity index is 1180. The molecule has 0 atom stereocenters. The molecule has 0 fully saturated rings. The lowest BCUT2D eigenvalue weighted by Gasteiger charge is -2.14. The van der Waals surface area contributed by atoms with Gasteiger partial charge in [-0.05, 0) is 62.7 Å². The summed E-state index contributed by atoms with van der Waals surface area (Å²) in [5, 5.41) is 13.5. The monoisotopic (exact) mass is 373 g/mol. The minimum atomic E-state index is 0.107. The van der Waals surface area contributed by atoms with Gasteiger partial charge in [-0.1, -0.05) is 23.8 Å². The Morgan fingerprint density at radius 1 is 1.00 bits per heavy atom. The van der Waals surface area contributed by atoms with Crippen LogP contribution in [0.4, 0.5) is 11.5 Å². The van der Waals surface area contributed by atoms with Gasteiger partial charge >= 0.3 is 0 Å². The number of anilines is 2. The quantitative estimate of drug-likeness (QED) is 0.504. The molecule has 2 N–H and O–H groups in total. The summed E-state index contributed by atoms with van der Waals surface area (Å²) in [6.07, 6.45) is 0. The molecule has 0 saturated carbocycles. The number of aryl methyl sites for hydroxylation is 3. The fraction of sp³-hybridized carbons (Fsp3) is 0.174. The van der Waals surface area contributed by atoms with E-state index in [0.717, 1.165) is 39.7 Å². The van der Waals surface area contributed by atoms with Crippen LogP contribution in [0.5, 0.6) is 11.5 Å². The van der Waals surface area contributed by atoms with E-state index >= 15 is 0 Å². The maximum Gasteiger partial charge on any atom is 0.161 e. The van der Waals surface area contributed by atoms with E-state index in [9.17, 15) is 5.11 Å². The van der Waals surface area contributed by atoms with E-state index in [2.05, 4.69) is 54.8 Å². The molecule has 0 radical (unpaired) electrons. The SMILES string of the molecule is COc1cc(-c2nc3cccc(C)n3c2Nc2ccc(C)cc2C)ccc1O. The zero-order chi connectivity index (χ0) is 19.8. The van der Waals surface area contributed by atoms with Gasteiger partial charge < -0.3 is 15.2 Å². The van der Waals surface area contributed by atoms with Crippen LogP contribution < -0.4 is 10.1 Å². The van der Waals surface area contributed by atoms with E-state index in [0.29, 0.717) is 5.75 Å². The van der Waals surface area contributed by atoms with Gasteiger partial charge in [-0.3, -0.25) is 4.40 Å². The minimum Gasteiger partial charge on any atom is -0.504 e. The molecule has 0 spiro atoms. The van der Waals surface area contributed by atoms with Crippen LogP contribution in [0.3, 0.4) is 0 Å². The molecule has 0 bridgehead atoms. The average Bonchev–Trinajstić information content (AvgIpc) is 3.04. The molecule has 0 saturated heterocycles. The van der Waals surface area contributed by atoms with E-state index in [-0.39, 0.29) is 5.75 Å². The first kappa shape index (κ1) is 17.9. The second kappa shape index (κ2) is 6.93. The van der Waals surface area contributed by atoms with Crippen molar-refractivity contribution in [1.82, 2.24) is 9.38 Å². The molecular formula is C23H23N3O2. The van der Waals surface area contributed by atoms with Crippen molar-refractivity contribution in [3.05, 3.63) is 71.4 Å². The molecular weight excluding hydrogens is 350 g/mol. The fourth-order valence-electron chi connectivity index (χ4n) is 3.48. The summed E-state index contributed by atoms with van der Waals surface area (Å²) in [6, 6.07) is 17.7. The molecule has 28 heavy (non-hydrogen) atoms. The van der Waals surface area contributed by atoms with Crippen LogP contribution in [-0.2, 0) is 0 Å². The van der Waals surface area contributed by atoms with Gasteiger partial charge in [-0.25, -0.2) is 4.98 Å². The lowest BCUT2D eigenvalue weighted by Crippen LogP contribution is -2.01. The first-order valence-corrected chi connectivity index (χ1v) is 9.17. The Kier molecular flexibility index (Phi) is 4.43. The van der Waals surface area contributed by atoms with E-state index in [1.54, 1.807) is 19.2 Å². The average molecular weight is 373 g/mol. The third kappa shape index (κ3) is 3.05. The summed E-state index contributed by atoms with van der Waals surface area (Å²) >= 11 is 0. The molecule has 2 aromatic heterocycles. The molecule has 0 aliphatic rings. The summed E-state index contributed by atoms with van der Waals surface area (Å²) in [5.41, 5.74) is 7.02. The predicted octanol–water partition coefficient (Wildman–Crippen LogP) is 5.38. The lowest BCUT2D eigenvalue weighted by atomic mass is 10.1. The molecule has 0 amide bonds. The van der Waals surface area contributed by atoms with Crippen LogP contribution in [0.15, 0.2) is 54.6 Å². The number of aromatic hydroxyl groups is 1. The number of nitrogens with zero attached hydrogens (tertiary/aromatic N) is 2. The van der Waals surface area contributed by atoms with Crippen LogP contribution >= 0.6 is 0 Å². The zero-order valence-corrected chi connectivity index (χ0v) is 16.4. The van der Waals surface area contributed by atoms with Gasteiger partial charge in [0.25, 0.3) is 0 Å². The molecule has 5 heteroatoms. The number of rotatable bonds is 4. The number of methoxy groups -OCH3 is 1. The number of phenols is 1. The molecule has 0 aliphatic heterocycles. The van der Waals surface area contributed by atoms with Crippen LogP contribution in [0.1, 0.15) is 16.8 Å². The van der Waals surface area contributed by atoms with Gasteiger partial charge in [-0.15, -0.1) is 0 Å². The molecule has 142 valence electrons. The predicted molar refractivity (Wildman–Crippen MR) is 113 cm³/mol. The van der Waals surface area contributed by atoms with Gasteiger partial charge in [-0.2, -0.15) is 0 Å². The number of fused-ring (bicyclic) bond motifs is 1. The topological polar surface area (TPSA) is 58.8 Å². The summed E-state index contributed by atoms with van der Waals surface area (Å²) in [4.78, 5) is 4.86. The molecule has 2 aromatic carbocycles. The Hall–Kier alpha value is -3.47. The van der Waals surface area contributed by atoms with Gasteiger partial charge in [0.2, 0.25) is 0 Å². The molecule has 2 heterocycles. The van der Waals surface area contributed by atoms with Crippen LogP contribution in [0.2, 0.25) is 0 Å². The minimum absolute atomic E-state index is 0.107. The third-order valence-electron chi connectivity index (χ3n) is 4.93. The number of benzene rings is 2. The number of pyridine rings is 1. The van der Waals surface area contributed by atoms with Gasteiger partial charge in [0, 0.05) is 16.9 Å². The Morgan fingerprint density at radius 3 is 2.57 bits per heavy atom. The normalized spacial score (nSPS) is 11.0. The van der Waals surface area contributed by atoms with Crippen molar-refractivity contribution >= 4 is 17.2 Å². The van der Waals surface area contributed by atoms with Crippen molar-refractivity contribution in [3.8, 4) is 22.8 Å². The van der Waals surface area contributed by atoms with Crippen molar-refractivity contribution in [2.75, 3.05) is 12.4 Å². The number of nitrogens with one attached hydrogen (secondary N) is 1. The van der Waals surface area contributed by atoms with Crippen molar-refractivity contribution in [3.63, 3.8) is 0 Å². The highest BCUT2D eigenvalue weighted by atomic mass is 16.5. The maximum atomic E-state index is 9.97. The van der Waals surface area contributed by atoms with Crippen LogP contribution in [-0.4, -0.2) is 21.6 Å². The largest absolute Gasteiger partial charge is 0.504 e. The van der Waals surface area contributed by atoms with Crippen molar-refractivity contribution in [2.24, 2.45) is 0 Å². The molecule has 0 aliphatic carbocycles. The Labute approximate surface area is 164 Å². The van der Waals surface area contributed by atoms with E-state index in [4.69, 9.17) is 9.72 Å². The summed E-state index contributed by atoms with van der Waals surface area (Å²) in [6.45, 7) is 6.24. The molecule has 4 aromatic rings. The lowest BCUT2D eigenvalue weighted by molar-refractivity contribution is 0.373. The fourth-order valence-corrected chi connectivity index (χ4v) is 3.48. The Balaban J connectivity index is 1.94. The van der Waals surface area contributed by atoms with E-state index in [1.165, 1.54) is 5.56 Å². The first-order valence-electron chi connectivity index (χ1n) is 9.17. The first-order chi connectivity index (χ1) is 13.5. The van der Waals surface area contributed by atoms with E-state index < -0.39 is 0 Å². The Morgan fingerprint density at radius 2 is 1.82 bits per heavy atom. The molecule has 4 rings (SSSR count). The number of aromatic nitrogens is 2. The number of phenolic OH excluding ortho intramolecular Hbond substituents is 1. The summed E-state index contributed by atoms with van der Waals surface area (Å²) < 4.78 is 7.40. The number of ether oxygens (including phenoxy) is 1. The van der Waals surface area contributed by atoms with Gasteiger partial charge in [0.15, 0.2) is 11.5 Å². The number of imidazole rings is 1. The number of hydrogen-bond acceptors (Lipinski definition) is 4. The maximum absolute atomic E-state index is 9.97. The molecule has 0 unspecified atom stereocenters. The number of hydrogen-bond donors (Lipinski definition) is 2.